The summed E-state index contributed by atoms with van der Waals surface area (Å²) in [7, 11) is 0. The second-order valence-corrected chi connectivity index (χ2v) is 5.51. The molecular weight excluding hydrogens is 304 g/mol. The lowest BCUT2D eigenvalue weighted by atomic mass is 9.97. The number of hydrogen-bond acceptors (Lipinski definition) is 10. The molecule has 2 saturated heterocycles. The van der Waals surface area contributed by atoms with Gasteiger partial charge in [0.2, 0.25) is 0 Å². The Kier molecular flexibility index (Phi) is 5.72. The fourth-order valence-electron chi connectivity index (χ4n) is 2.51. The summed E-state index contributed by atoms with van der Waals surface area (Å²) >= 11 is 0. The molecule has 2 rings (SSSR count). The first-order valence-corrected chi connectivity index (χ1v) is 6.93. The molecule has 0 spiro atoms. The van der Waals surface area contributed by atoms with E-state index in [2.05, 4.69) is 0 Å². The van der Waals surface area contributed by atoms with Crippen LogP contribution in [-0.2, 0) is 14.2 Å². The molecule has 2 aliphatic heterocycles. The molecule has 130 valence electrons. The average molecular weight is 326 g/mol. The standard InChI is InChI=1S/C12H22O10/c1-3-5(14)7(16)8(17)12(20-3)22-10-6(15)4(2-13)21-11(19)9(10)18/h3-19H,2H2,1H3/t3-,4+,5-,6+,7+,8+,9+,10-,11+,12-/m0/s1. The van der Waals surface area contributed by atoms with E-state index in [4.69, 9.17) is 19.3 Å². The minimum absolute atomic E-state index is 0.628. The summed E-state index contributed by atoms with van der Waals surface area (Å²) in [6.45, 7) is 0.814. The summed E-state index contributed by atoms with van der Waals surface area (Å²) in [6.07, 6.45) is -14.3. The van der Waals surface area contributed by atoms with E-state index in [0.717, 1.165) is 0 Å². The number of aliphatic hydroxyl groups is 7. The number of aliphatic hydroxyl groups excluding tert-OH is 7. The number of ether oxygens (including phenoxy) is 3. The Morgan fingerprint density at radius 3 is 2.05 bits per heavy atom. The zero-order valence-corrected chi connectivity index (χ0v) is 11.8. The third-order valence-corrected chi connectivity index (χ3v) is 3.94. The van der Waals surface area contributed by atoms with Crippen molar-refractivity contribution in [2.75, 3.05) is 6.61 Å². The monoisotopic (exact) mass is 326 g/mol. The lowest BCUT2D eigenvalue weighted by Crippen LogP contribution is -2.63. The molecule has 0 aliphatic carbocycles. The molecule has 10 heteroatoms. The lowest BCUT2D eigenvalue weighted by Gasteiger charge is -2.44. The van der Waals surface area contributed by atoms with Gasteiger partial charge in [-0.2, -0.15) is 0 Å². The lowest BCUT2D eigenvalue weighted by molar-refractivity contribution is -0.352. The van der Waals surface area contributed by atoms with E-state index in [1.807, 2.05) is 0 Å². The van der Waals surface area contributed by atoms with Gasteiger partial charge in [0, 0.05) is 0 Å². The van der Waals surface area contributed by atoms with Gasteiger partial charge in [-0.15, -0.1) is 0 Å². The molecule has 2 heterocycles. The van der Waals surface area contributed by atoms with Crippen LogP contribution in [0.5, 0.6) is 0 Å². The highest BCUT2D eigenvalue weighted by molar-refractivity contribution is 4.93. The Morgan fingerprint density at radius 1 is 0.818 bits per heavy atom. The first-order chi connectivity index (χ1) is 10.3. The quantitative estimate of drug-likeness (QED) is 0.269. The summed E-state index contributed by atoms with van der Waals surface area (Å²) in [5, 5.41) is 67.6. The zero-order chi connectivity index (χ0) is 16.6. The smallest absolute Gasteiger partial charge is 0.187 e. The summed E-state index contributed by atoms with van der Waals surface area (Å²) in [5.74, 6) is 0. The van der Waals surface area contributed by atoms with Gasteiger partial charge in [-0.05, 0) is 6.92 Å². The van der Waals surface area contributed by atoms with E-state index in [1.165, 1.54) is 6.92 Å². The SMILES string of the molecule is C[C@@H]1O[C@@H](O[C@@H]2[C@@H](O)[C@H](O)O[C@H](CO)[C@H]2O)[C@H](O)[C@H](O)[C@H]1O. The molecule has 2 fully saturated rings. The second-order valence-electron chi connectivity index (χ2n) is 5.51. The van der Waals surface area contributed by atoms with Gasteiger partial charge in [0.25, 0.3) is 0 Å². The number of hydrogen-bond donors (Lipinski definition) is 7. The maximum atomic E-state index is 9.99. The van der Waals surface area contributed by atoms with Crippen molar-refractivity contribution in [1.82, 2.24) is 0 Å². The minimum atomic E-state index is -1.71. The molecule has 0 unspecified atom stereocenters. The maximum Gasteiger partial charge on any atom is 0.187 e. The van der Waals surface area contributed by atoms with Crippen molar-refractivity contribution >= 4 is 0 Å². The van der Waals surface area contributed by atoms with Crippen molar-refractivity contribution in [3.8, 4) is 0 Å². The van der Waals surface area contributed by atoms with Crippen LogP contribution in [0, 0.1) is 0 Å². The van der Waals surface area contributed by atoms with Crippen molar-refractivity contribution in [3.63, 3.8) is 0 Å². The molecular formula is C12H22O10. The van der Waals surface area contributed by atoms with Gasteiger partial charge in [0.15, 0.2) is 12.6 Å². The molecule has 0 bridgehead atoms. The Labute approximate surface area is 126 Å². The average Bonchev–Trinajstić information content (AvgIpc) is 2.50. The molecule has 0 amide bonds. The van der Waals surface area contributed by atoms with E-state index >= 15 is 0 Å². The van der Waals surface area contributed by atoms with Crippen molar-refractivity contribution in [2.45, 2.75) is 68.3 Å². The fraction of sp³-hybridized carbons (Fsp3) is 1.00. The predicted molar refractivity (Wildman–Crippen MR) is 67.2 cm³/mol. The van der Waals surface area contributed by atoms with Gasteiger partial charge in [-0.25, -0.2) is 0 Å². The molecule has 10 nitrogen and oxygen atoms in total. The zero-order valence-electron chi connectivity index (χ0n) is 11.8. The first-order valence-electron chi connectivity index (χ1n) is 6.93. The molecule has 0 radical (unpaired) electrons. The van der Waals surface area contributed by atoms with Gasteiger partial charge < -0.3 is 50.0 Å². The van der Waals surface area contributed by atoms with Gasteiger partial charge in [-0.3, -0.25) is 0 Å². The van der Waals surface area contributed by atoms with Crippen LogP contribution in [0.2, 0.25) is 0 Å². The van der Waals surface area contributed by atoms with E-state index in [0.29, 0.717) is 0 Å². The highest BCUT2D eigenvalue weighted by Crippen LogP contribution is 2.28. The molecule has 22 heavy (non-hydrogen) atoms. The highest BCUT2D eigenvalue weighted by Gasteiger charge is 2.49. The summed E-state index contributed by atoms with van der Waals surface area (Å²) in [4.78, 5) is 0. The first kappa shape index (κ1) is 17.9. The van der Waals surface area contributed by atoms with Crippen LogP contribution >= 0.6 is 0 Å². The third kappa shape index (κ3) is 3.26. The van der Waals surface area contributed by atoms with Crippen LogP contribution in [0.15, 0.2) is 0 Å². The van der Waals surface area contributed by atoms with Crippen molar-refractivity contribution < 1.29 is 50.0 Å². The van der Waals surface area contributed by atoms with Crippen LogP contribution < -0.4 is 0 Å². The summed E-state index contributed by atoms with van der Waals surface area (Å²) in [6, 6.07) is 0. The molecule has 0 aromatic rings. The molecule has 0 saturated carbocycles. The minimum Gasteiger partial charge on any atom is -0.394 e. The second kappa shape index (κ2) is 7.01. The maximum absolute atomic E-state index is 9.99. The van der Waals surface area contributed by atoms with Crippen LogP contribution in [-0.4, -0.2) is 104 Å². The largest absolute Gasteiger partial charge is 0.394 e. The van der Waals surface area contributed by atoms with Gasteiger partial charge in [0.1, 0.15) is 42.7 Å². The van der Waals surface area contributed by atoms with Gasteiger partial charge in [-0.1, -0.05) is 0 Å². The molecule has 10 atom stereocenters. The summed E-state index contributed by atoms with van der Waals surface area (Å²) < 4.78 is 15.3. The van der Waals surface area contributed by atoms with Gasteiger partial charge >= 0.3 is 0 Å². The Hall–Kier alpha value is -0.400. The van der Waals surface area contributed by atoms with Crippen LogP contribution in [0.25, 0.3) is 0 Å². The summed E-state index contributed by atoms with van der Waals surface area (Å²) in [5.41, 5.74) is 0. The Morgan fingerprint density at radius 2 is 1.45 bits per heavy atom. The van der Waals surface area contributed by atoms with Crippen molar-refractivity contribution in [1.29, 1.82) is 0 Å². The Bertz CT molecular complexity index is 368. The van der Waals surface area contributed by atoms with Crippen LogP contribution in [0.4, 0.5) is 0 Å². The topological polar surface area (TPSA) is 169 Å². The molecule has 0 aromatic heterocycles. The van der Waals surface area contributed by atoms with E-state index in [9.17, 15) is 30.6 Å². The molecule has 0 aromatic carbocycles. The fourth-order valence-corrected chi connectivity index (χ4v) is 2.51. The Balaban J connectivity index is 2.10. The molecule has 7 N–H and O–H groups in total. The van der Waals surface area contributed by atoms with E-state index in [-0.39, 0.29) is 0 Å². The third-order valence-electron chi connectivity index (χ3n) is 3.94. The van der Waals surface area contributed by atoms with Crippen molar-refractivity contribution in [2.24, 2.45) is 0 Å². The van der Waals surface area contributed by atoms with Crippen LogP contribution in [0.3, 0.4) is 0 Å². The van der Waals surface area contributed by atoms with Crippen molar-refractivity contribution in [3.05, 3.63) is 0 Å². The van der Waals surface area contributed by atoms with E-state index < -0.39 is 68.0 Å². The predicted octanol–water partition coefficient (Wildman–Crippen LogP) is -4.37. The normalized spacial score (nSPS) is 53.5. The number of rotatable bonds is 3. The highest BCUT2D eigenvalue weighted by atomic mass is 16.7. The van der Waals surface area contributed by atoms with Gasteiger partial charge in [0.05, 0.1) is 12.7 Å². The van der Waals surface area contributed by atoms with E-state index in [1.54, 1.807) is 0 Å². The molecule has 2 aliphatic rings. The van der Waals surface area contributed by atoms with Crippen LogP contribution in [0.1, 0.15) is 6.92 Å².